The van der Waals surface area contributed by atoms with Crippen molar-refractivity contribution in [2.45, 2.75) is 45.7 Å². The predicted octanol–water partition coefficient (Wildman–Crippen LogP) is 5.27. The van der Waals surface area contributed by atoms with E-state index in [0.29, 0.717) is 0 Å². The first-order valence-electron chi connectivity index (χ1n) is 10.9. The monoisotopic (exact) mass is 434 g/mol. The molecule has 1 N–H and O–H groups in total. The third-order valence-corrected chi connectivity index (χ3v) is 6.42. The molecule has 0 amide bonds. The lowest BCUT2D eigenvalue weighted by atomic mass is 9.96. The average Bonchev–Trinajstić information content (AvgIpc) is 3.27. The van der Waals surface area contributed by atoms with Gasteiger partial charge < -0.3 is 19.5 Å². The van der Waals surface area contributed by atoms with E-state index in [4.69, 9.17) is 17.0 Å². The van der Waals surface area contributed by atoms with Crippen LogP contribution in [-0.4, -0.2) is 33.2 Å². The Bertz CT molecular complexity index is 1050. The van der Waals surface area contributed by atoms with Gasteiger partial charge in [-0.1, -0.05) is 19.4 Å². The number of hydrogen-bond acceptors (Lipinski definition) is 3. The van der Waals surface area contributed by atoms with Gasteiger partial charge >= 0.3 is 0 Å². The van der Waals surface area contributed by atoms with Crippen LogP contribution in [0, 0.1) is 13.8 Å². The molecule has 162 valence electrons. The van der Waals surface area contributed by atoms with Gasteiger partial charge in [0.1, 0.15) is 5.75 Å². The van der Waals surface area contributed by atoms with Crippen LogP contribution in [0.5, 0.6) is 5.75 Å². The van der Waals surface area contributed by atoms with Crippen LogP contribution in [0.25, 0.3) is 5.69 Å². The summed E-state index contributed by atoms with van der Waals surface area (Å²) in [5.74, 6) is 0.859. The predicted molar refractivity (Wildman–Crippen MR) is 129 cm³/mol. The molecule has 0 unspecified atom stereocenters. The van der Waals surface area contributed by atoms with E-state index < -0.39 is 0 Å². The number of methoxy groups -OCH3 is 1. The normalized spacial score (nSPS) is 18.3. The van der Waals surface area contributed by atoms with Gasteiger partial charge in [-0.25, -0.2) is 0 Å². The van der Waals surface area contributed by atoms with Crippen LogP contribution in [0.3, 0.4) is 0 Å². The smallest absolute Gasteiger partial charge is 0.170 e. The van der Waals surface area contributed by atoms with Crippen molar-refractivity contribution >= 4 is 17.3 Å². The molecule has 31 heavy (non-hydrogen) atoms. The van der Waals surface area contributed by atoms with Gasteiger partial charge in [0, 0.05) is 29.8 Å². The molecule has 2 aromatic heterocycles. The van der Waals surface area contributed by atoms with Crippen molar-refractivity contribution in [1.82, 2.24) is 19.8 Å². The summed E-state index contributed by atoms with van der Waals surface area (Å²) in [6, 6.07) is 16.7. The fourth-order valence-electron chi connectivity index (χ4n) is 4.53. The van der Waals surface area contributed by atoms with E-state index in [9.17, 15) is 0 Å². The number of nitrogens with zero attached hydrogens (tertiary/aromatic N) is 3. The second-order valence-electron chi connectivity index (χ2n) is 8.03. The third-order valence-electron chi connectivity index (χ3n) is 6.07. The summed E-state index contributed by atoms with van der Waals surface area (Å²) in [6.07, 6.45) is 4.09. The summed E-state index contributed by atoms with van der Waals surface area (Å²) >= 11 is 5.78. The van der Waals surface area contributed by atoms with Gasteiger partial charge in [-0.05, 0) is 80.5 Å². The maximum absolute atomic E-state index is 5.78. The molecule has 1 aromatic carbocycles. The number of thiocarbonyl (C=S) groups is 1. The Morgan fingerprint density at radius 1 is 1.13 bits per heavy atom. The number of ether oxygens (including phenoxy) is 1. The summed E-state index contributed by atoms with van der Waals surface area (Å²) in [7, 11) is 1.69. The Kier molecular flexibility index (Phi) is 6.28. The highest BCUT2D eigenvalue weighted by atomic mass is 32.1. The molecule has 5 nitrogen and oxygen atoms in total. The number of aryl methyl sites for hydroxylation is 1. The van der Waals surface area contributed by atoms with E-state index in [2.05, 4.69) is 64.8 Å². The van der Waals surface area contributed by atoms with E-state index in [1.807, 2.05) is 30.5 Å². The molecule has 0 radical (unpaired) electrons. The molecule has 1 aliphatic rings. The fourth-order valence-corrected chi connectivity index (χ4v) is 4.86. The highest BCUT2D eigenvalue weighted by molar-refractivity contribution is 7.80. The van der Waals surface area contributed by atoms with E-state index >= 15 is 0 Å². The van der Waals surface area contributed by atoms with Gasteiger partial charge in [0.05, 0.1) is 24.9 Å². The molecule has 1 saturated heterocycles. The van der Waals surface area contributed by atoms with Gasteiger partial charge in [0.25, 0.3) is 0 Å². The van der Waals surface area contributed by atoms with Crippen molar-refractivity contribution in [3.8, 4) is 11.4 Å². The van der Waals surface area contributed by atoms with Crippen LogP contribution < -0.4 is 10.1 Å². The number of unbranched alkanes of at least 4 members (excludes halogenated alkanes) is 1. The molecular formula is C25H30N4OS. The maximum atomic E-state index is 5.78. The lowest BCUT2D eigenvalue weighted by molar-refractivity contribution is 0.312. The highest BCUT2D eigenvalue weighted by Crippen LogP contribution is 2.41. The molecule has 3 heterocycles. The van der Waals surface area contributed by atoms with Crippen molar-refractivity contribution in [3.05, 3.63) is 77.4 Å². The zero-order valence-electron chi connectivity index (χ0n) is 18.6. The van der Waals surface area contributed by atoms with Gasteiger partial charge in [-0.2, -0.15) is 0 Å². The SMILES string of the molecule is CCCCN1C(=S)N[C@H](c2ccccn2)[C@@H]1c1cc(C)n(-c2ccc(OC)cc2)c1C. The molecule has 0 bridgehead atoms. The lowest BCUT2D eigenvalue weighted by Crippen LogP contribution is -2.30. The Hall–Kier alpha value is -2.86. The number of hydrogen-bond donors (Lipinski definition) is 1. The van der Waals surface area contributed by atoms with Crippen molar-refractivity contribution in [1.29, 1.82) is 0 Å². The molecule has 1 fully saturated rings. The molecule has 0 saturated carbocycles. The molecule has 6 heteroatoms. The number of rotatable bonds is 7. The van der Waals surface area contributed by atoms with E-state index in [1.165, 1.54) is 17.0 Å². The van der Waals surface area contributed by atoms with Gasteiger partial charge in [-0.3, -0.25) is 4.98 Å². The van der Waals surface area contributed by atoms with Crippen LogP contribution in [0.4, 0.5) is 0 Å². The summed E-state index contributed by atoms with van der Waals surface area (Å²) < 4.78 is 7.64. The maximum Gasteiger partial charge on any atom is 0.170 e. The second-order valence-corrected chi connectivity index (χ2v) is 8.42. The van der Waals surface area contributed by atoms with Gasteiger partial charge in [-0.15, -0.1) is 0 Å². The second kappa shape index (κ2) is 9.10. The molecule has 3 aromatic rings. The topological polar surface area (TPSA) is 42.3 Å². The van der Waals surface area contributed by atoms with Crippen LogP contribution >= 0.6 is 12.2 Å². The van der Waals surface area contributed by atoms with Crippen LogP contribution in [-0.2, 0) is 0 Å². The molecule has 0 aliphatic carbocycles. The number of pyridine rings is 1. The van der Waals surface area contributed by atoms with E-state index in [1.54, 1.807) is 7.11 Å². The third kappa shape index (κ3) is 4.04. The Morgan fingerprint density at radius 2 is 1.90 bits per heavy atom. The quantitative estimate of drug-likeness (QED) is 0.513. The standard InChI is InChI=1S/C25H30N4OS/c1-5-6-15-28-24(23(27-25(28)31)22-9-7-8-14-26-22)21-16-17(2)29(18(21)3)19-10-12-20(30-4)13-11-19/h7-14,16,23-24H,5-6,15H2,1-4H3,(H,27,31)/t23-,24+/m1/s1. The number of aromatic nitrogens is 2. The zero-order chi connectivity index (χ0) is 22.0. The largest absolute Gasteiger partial charge is 0.497 e. The Balaban J connectivity index is 1.79. The molecular weight excluding hydrogens is 404 g/mol. The van der Waals surface area contributed by atoms with Crippen molar-refractivity contribution < 1.29 is 4.74 Å². The molecule has 4 rings (SSSR count). The molecule has 2 atom stereocenters. The zero-order valence-corrected chi connectivity index (χ0v) is 19.4. The highest BCUT2D eigenvalue weighted by Gasteiger charge is 2.41. The van der Waals surface area contributed by atoms with Crippen molar-refractivity contribution in [2.24, 2.45) is 0 Å². The van der Waals surface area contributed by atoms with Crippen LogP contribution in [0.2, 0.25) is 0 Å². The first-order chi connectivity index (χ1) is 15.0. The fraction of sp³-hybridized carbons (Fsp3) is 0.360. The minimum Gasteiger partial charge on any atom is -0.497 e. The minimum absolute atomic E-state index is 0.0235. The van der Waals surface area contributed by atoms with E-state index in [-0.39, 0.29) is 12.1 Å². The number of benzene rings is 1. The van der Waals surface area contributed by atoms with Crippen molar-refractivity contribution in [2.75, 3.05) is 13.7 Å². The summed E-state index contributed by atoms with van der Waals surface area (Å²) in [6.45, 7) is 7.50. The molecule has 1 aliphatic heterocycles. The summed E-state index contributed by atoms with van der Waals surface area (Å²) in [5, 5.41) is 4.37. The lowest BCUT2D eigenvalue weighted by Gasteiger charge is -2.28. The Morgan fingerprint density at radius 3 is 2.55 bits per heavy atom. The summed E-state index contributed by atoms with van der Waals surface area (Å²) in [5.41, 5.74) is 5.85. The first kappa shape index (κ1) is 21.4. The van der Waals surface area contributed by atoms with E-state index in [0.717, 1.165) is 41.6 Å². The number of nitrogens with one attached hydrogen (secondary N) is 1. The van der Waals surface area contributed by atoms with Crippen molar-refractivity contribution in [3.63, 3.8) is 0 Å². The Labute approximate surface area is 190 Å². The summed E-state index contributed by atoms with van der Waals surface area (Å²) in [4.78, 5) is 7.00. The van der Waals surface area contributed by atoms with Crippen LogP contribution in [0.15, 0.2) is 54.7 Å². The average molecular weight is 435 g/mol. The molecule has 0 spiro atoms. The van der Waals surface area contributed by atoms with Gasteiger partial charge in [0.2, 0.25) is 0 Å². The van der Waals surface area contributed by atoms with Crippen LogP contribution in [0.1, 0.15) is 54.5 Å². The first-order valence-corrected chi connectivity index (χ1v) is 11.3. The minimum atomic E-state index is 0.0235. The van der Waals surface area contributed by atoms with Gasteiger partial charge in [0.15, 0.2) is 5.11 Å².